The minimum atomic E-state index is -1.14. The highest BCUT2D eigenvalue weighted by molar-refractivity contribution is 6.07. The summed E-state index contributed by atoms with van der Waals surface area (Å²) >= 11 is 0. The van der Waals surface area contributed by atoms with Gasteiger partial charge in [-0.05, 0) is 60.0 Å². The van der Waals surface area contributed by atoms with Crippen molar-refractivity contribution in [3.8, 4) is 17.2 Å². The molecule has 0 unspecified atom stereocenters. The minimum absolute atomic E-state index is 0.0559. The first-order chi connectivity index (χ1) is 18.2. The van der Waals surface area contributed by atoms with Crippen molar-refractivity contribution in [2.45, 2.75) is 19.9 Å². The molecule has 2 heterocycles. The number of methoxy groups -OCH3 is 2. The number of nitrogens with one attached hydrogen (secondary N) is 1. The number of halogens is 1. The lowest BCUT2D eigenvalue weighted by atomic mass is 10.0. The smallest absolute Gasteiger partial charge is 0.341 e. The number of fused-ring (bicyclic) bond motifs is 1. The molecule has 0 spiro atoms. The third kappa shape index (κ3) is 5.54. The molecule has 0 aliphatic heterocycles. The molecular weight excluding hydrogens is 493 g/mol. The van der Waals surface area contributed by atoms with E-state index in [2.05, 4.69) is 10.3 Å². The van der Waals surface area contributed by atoms with Crippen molar-refractivity contribution in [3.05, 3.63) is 76.6 Å². The molecule has 4 rings (SSSR count). The van der Waals surface area contributed by atoms with Gasteiger partial charge in [-0.3, -0.25) is 9.78 Å². The number of carboxylic acid groups (broad SMARTS) is 1. The van der Waals surface area contributed by atoms with Gasteiger partial charge in [-0.25, -0.2) is 9.18 Å². The molecule has 3 aromatic rings. The van der Waals surface area contributed by atoms with Gasteiger partial charge in [0.25, 0.3) is 0 Å². The van der Waals surface area contributed by atoms with Gasteiger partial charge >= 0.3 is 5.97 Å². The molecular formula is C28H28FN3O6. The molecule has 0 radical (unpaired) electrons. The van der Waals surface area contributed by atoms with Crippen LogP contribution in [0.25, 0.3) is 17.2 Å². The Morgan fingerprint density at radius 2 is 1.89 bits per heavy atom. The van der Waals surface area contributed by atoms with Crippen molar-refractivity contribution in [3.63, 3.8) is 0 Å². The van der Waals surface area contributed by atoms with E-state index in [1.165, 1.54) is 20.3 Å². The van der Waals surface area contributed by atoms with Gasteiger partial charge in [-0.15, -0.1) is 0 Å². The summed E-state index contributed by atoms with van der Waals surface area (Å²) in [5.41, 5.74) is 4.92. The highest BCUT2D eigenvalue weighted by Gasteiger charge is 2.27. The summed E-state index contributed by atoms with van der Waals surface area (Å²) in [6, 6.07) is 8.57. The molecule has 9 nitrogen and oxygen atoms in total. The first-order valence-corrected chi connectivity index (χ1v) is 11.8. The molecule has 1 amide bonds. The van der Waals surface area contributed by atoms with Crippen LogP contribution in [0.3, 0.4) is 0 Å². The number of pyridine rings is 1. The Labute approximate surface area is 219 Å². The molecule has 198 valence electrons. The number of aromatic nitrogens is 2. The minimum Gasteiger partial charge on any atom is -0.493 e. The van der Waals surface area contributed by atoms with Crippen molar-refractivity contribution in [2.24, 2.45) is 7.05 Å². The Bertz CT molecular complexity index is 1430. The third-order valence-corrected chi connectivity index (χ3v) is 6.28. The van der Waals surface area contributed by atoms with Crippen molar-refractivity contribution in [1.29, 1.82) is 0 Å². The highest BCUT2D eigenvalue weighted by atomic mass is 19.1. The predicted octanol–water partition coefficient (Wildman–Crippen LogP) is 4.07. The van der Waals surface area contributed by atoms with Crippen molar-refractivity contribution in [1.82, 2.24) is 14.9 Å². The van der Waals surface area contributed by atoms with Gasteiger partial charge in [0.2, 0.25) is 11.7 Å². The second kappa shape index (κ2) is 11.2. The monoisotopic (exact) mass is 521 g/mol. The van der Waals surface area contributed by atoms with Gasteiger partial charge in [0.15, 0.2) is 18.1 Å². The van der Waals surface area contributed by atoms with E-state index in [9.17, 15) is 14.0 Å². The summed E-state index contributed by atoms with van der Waals surface area (Å²) in [7, 11) is 4.78. The van der Waals surface area contributed by atoms with E-state index in [1.54, 1.807) is 12.1 Å². The van der Waals surface area contributed by atoms with Crippen LogP contribution in [-0.2, 0) is 23.2 Å². The first kappa shape index (κ1) is 26.5. The average Bonchev–Trinajstić information content (AvgIpc) is 3.41. The number of ether oxygens (including phenoxy) is 3. The van der Waals surface area contributed by atoms with Gasteiger partial charge in [-0.1, -0.05) is 0 Å². The zero-order valence-corrected chi connectivity index (χ0v) is 21.5. The topological polar surface area (TPSA) is 112 Å². The number of hydrogen-bond donors (Lipinski definition) is 2. The lowest BCUT2D eigenvalue weighted by molar-refractivity contribution is -0.139. The molecule has 0 saturated carbocycles. The molecule has 38 heavy (non-hydrogen) atoms. The van der Waals surface area contributed by atoms with E-state index in [-0.39, 0.29) is 29.6 Å². The largest absolute Gasteiger partial charge is 0.493 e. The SMILES string of the molecule is COc1cc(/C=C2/C(C)=C(CC(=O)NCc3cccn3C)c3cc(F)cnc32)cc(OC)c1OCC(=O)O. The maximum atomic E-state index is 14.2. The number of carboxylic acids is 1. The highest BCUT2D eigenvalue weighted by Crippen LogP contribution is 2.44. The van der Waals surface area contributed by atoms with Gasteiger partial charge < -0.3 is 29.2 Å². The summed E-state index contributed by atoms with van der Waals surface area (Å²) < 4.78 is 32.3. The second-order valence-electron chi connectivity index (χ2n) is 8.71. The Morgan fingerprint density at radius 1 is 1.18 bits per heavy atom. The van der Waals surface area contributed by atoms with E-state index >= 15 is 0 Å². The van der Waals surface area contributed by atoms with E-state index in [1.807, 2.05) is 42.9 Å². The van der Waals surface area contributed by atoms with Crippen LogP contribution in [-0.4, -0.2) is 47.4 Å². The number of carbonyl (C=O) groups excluding carboxylic acids is 1. The van der Waals surface area contributed by atoms with E-state index in [0.29, 0.717) is 34.5 Å². The van der Waals surface area contributed by atoms with Crippen LogP contribution < -0.4 is 19.5 Å². The zero-order valence-electron chi connectivity index (χ0n) is 21.5. The number of hydrogen-bond acceptors (Lipinski definition) is 6. The molecule has 1 aromatic carbocycles. The number of carbonyl (C=O) groups is 2. The van der Waals surface area contributed by atoms with Crippen LogP contribution >= 0.6 is 0 Å². The quantitative estimate of drug-likeness (QED) is 0.414. The van der Waals surface area contributed by atoms with Crippen LogP contribution in [0.4, 0.5) is 4.39 Å². The lowest BCUT2D eigenvalue weighted by Gasteiger charge is -2.14. The standard InChI is InChI=1S/C28H28FN3O6/c1-16-20(12-25(33)30-14-19-6-5-7-32(19)2)22-11-18(29)13-31-27(22)21(16)8-17-9-23(36-3)28(24(10-17)37-4)38-15-26(34)35/h5-11,13H,12,14-15H2,1-4H3,(H,30,33)(H,34,35)/b21-8-. The number of nitrogens with zero attached hydrogens (tertiary/aromatic N) is 2. The van der Waals surface area contributed by atoms with Gasteiger partial charge in [0.05, 0.1) is 39.1 Å². The van der Waals surface area contributed by atoms with Gasteiger partial charge in [0.1, 0.15) is 5.82 Å². The molecule has 10 heteroatoms. The van der Waals surface area contributed by atoms with Crippen LogP contribution in [0.5, 0.6) is 17.2 Å². The molecule has 2 N–H and O–H groups in total. The third-order valence-electron chi connectivity index (χ3n) is 6.28. The Morgan fingerprint density at radius 3 is 2.50 bits per heavy atom. The summed E-state index contributed by atoms with van der Waals surface area (Å²) in [4.78, 5) is 28.2. The fourth-order valence-electron chi connectivity index (χ4n) is 4.35. The van der Waals surface area contributed by atoms with Crippen LogP contribution in [0, 0.1) is 5.82 Å². The number of amides is 1. The maximum Gasteiger partial charge on any atom is 0.341 e. The molecule has 0 saturated heterocycles. The van der Waals surface area contributed by atoms with Crippen LogP contribution in [0.15, 0.2) is 48.3 Å². The molecule has 2 aromatic heterocycles. The zero-order chi connectivity index (χ0) is 27.4. The average molecular weight is 522 g/mol. The van der Waals surface area contributed by atoms with Crippen LogP contribution in [0.1, 0.15) is 35.9 Å². The molecule has 1 aliphatic carbocycles. The maximum absolute atomic E-state index is 14.2. The molecule has 0 bridgehead atoms. The van der Waals surface area contributed by atoms with Crippen molar-refractivity contribution < 1.29 is 33.3 Å². The van der Waals surface area contributed by atoms with E-state index < -0.39 is 18.4 Å². The van der Waals surface area contributed by atoms with Gasteiger partial charge in [0, 0.05) is 30.1 Å². The van der Waals surface area contributed by atoms with Crippen LogP contribution in [0.2, 0.25) is 0 Å². The Hall–Kier alpha value is -4.60. The van der Waals surface area contributed by atoms with Crippen molar-refractivity contribution in [2.75, 3.05) is 20.8 Å². The normalized spacial score (nSPS) is 13.4. The first-order valence-electron chi connectivity index (χ1n) is 11.8. The predicted molar refractivity (Wildman–Crippen MR) is 139 cm³/mol. The fraction of sp³-hybridized carbons (Fsp3) is 0.250. The Balaban J connectivity index is 1.69. The van der Waals surface area contributed by atoms with E-state index in [0.717, 1.165) is 17.5 Å². The number of aryl methyl sites for hydroxylation is 1. The van der Waals surface area contributed by atoms with Crippen molar-refractivity contribution >= 4 is 29.1 Å². The summed E-state index contributed by atoms with van der Waals surface area (Å²) in [5.74, 6) is -1.10. The number of aliphatic carboxylic acids is 1. The summed E-state index contributed by atoms with van der Waals surface area (Å²) in [6.07, 6.45) is 4.93. The number of benzene rings is 1. The summed E-state index contributed by atoms with van der Waals surface area (Å²) in [6.45, 7) is 1.68. The lowest BCUT2D eigenvalue weighted by Crippen LogP contribution is -2.23. The molecule has 0 fully saturated rings. The summed E-state index contributed by atoms with van der Waals surface area (Å²) in [5, 5.41) is 11.9. The van der Waals surface area contributed by atoms with E-state index in [4.69, 9.17) is 19.3 Å². The number of rotatable bonds is 10. The molecule has 1 aliphatic rings. The Kier molecular flexibility index (Phi) is 7.80. The molecule has 0 atom stereocenters. The van der Waals surface area contributed by atoms with Gasteiger partial charge in [-0.2, -0.15) is 0 Å². The second-order valence-corrected chi connectivity index (χ2v) is 8.71. The number of allylic oxidation sites excluding steroid dienone is 2. The fourth-order valence-corrected chi connectivity index (χ4v) is 4.35.